The Morgan fingerprint density at radius 3 is 2.56 bits per heavy atom. The van der Waals surface area contributed by atoms with Crippen molar-refractivity contribution in [3.05, 3.63) is 38.9 Å². The topological polar surface area (TPSA) is 94.0 Å². The number of ether oxygens (including phenoxy) is 1. The maximum Gasteiger partial charge on any atom is 0.421 e. The maximum absolute atomic E-state index is 12.2. The van der Waals surface area contributed by atoms with Crippen LogP contribution in [-0.2, 0) is 11.4 Å². The number of aromatic nitrogens is 1. The third kappa shape index (κ3) is 4.05. The van der Waals surface area contributed by atoms with Gasteiger partial charge in [0.1, 0.15) is 0 Å². The number of morpholine rings is 1. The van der Waals surface area contributed by atoms with Gasteiger partial charge in [-0.15, -0.1) is 0 Å². The minimum absolute atomic E-state index is 0.0405. The number of nitrogens with zero attached hydrogens (tertiary/aromatic N) is 4. The van der Waals surface area contributed by atoms with Crippen LogP contribution in [0, 0.1) is 16.0 Å². The lowest BCUT2D eigenvalue weighted by molar-refractivity contribution is -0.384. The van der Waals surface area contributed by atoms with E-state index in [2.05, 4.69) is 9.80 Å². The minimum atomic E-state index is -0.471. The summed E-state index contributed by atoms with van der Waals surface area (Å²) < 4.78 is 12.1. The van der Waals surface area contributed by atoms with Crippen molar-refractivity contribution >= 4 is 16.8 Å². The molecular weight excluding hydrogens is 352 g/mol. The van der Waals surface area contributed by atoms with E-state index >= 15 is 0 Å². The van der Waals surface area contributed by atoms with Crippen LogP contribution in [0.2, 0.25) is 0 Å². The monoisotopic (exact) mass is 376 g/mol. The van der Waals surface area contributed by atoms with E-state index in [4.69, 9.17) is 9.15 Å². The first-order valence-electron chi connectivity index (χ1n) is 9.40. The fourth-order valence-electron chi connectivity index (χ4n) is 3.96. The quantitative estimate of drug-likeness (QED) is 0.577. The smallest absolute Gasteiger partial charge is 0.408 e. The first-order valence-corrected chi connectivity index (χ1v) is 9.40. The average Bonchev–Trinajstić information content (AvgIpc) is 2.99. The van der Waals surface area contributed by atoms with Crippen LogP contribution >= 0.6 is 0 Å². The number of hydrogen-bond acceptors (Lipinski definition) is 7. The van der Waals surface area contributed by atoms with Gasteiger partial charge in [0.25, 0.3) is 5.69 Å². The number of oxazole rings is 1. The molecule has 146 valence electrons. The fourth-order valence-corrected chi connectivity index (χ4v) is 3.96. The third-order valence-electron chi connectivity index (χ3n) is 5.53. The number of fused-ring (bicyclic) bond motifs is 1. The highest BCUT2D eigenvalue weighted by molar-refractivity contribution is 5.75. The van der Waals surface area contributed by atoms with Crippen LogP contribution in [0.25, 0.3) is 11.1 Å². The molecule has 0 N–H and O–H groups in total. The van der Waals surface area contributed by atoms with Crippen LogP contribution in [-0.4, -0.2) is 65.2 Å². The summed E-state index contributed by atoms with van der Waals surface area (Å²) in [4.78, 5) is 27.4. The first-order chi connectivity index (χ1) is 13.1. The van der Waals surface area contributed by atoms with E-state index in [9.17, 15) is 14.9 Å². The molecule has 0 saturated carbocycles. The highest BCUT2D eigenvalue weighted by atomic mass is 16.6. The second-order valence-corrected chi connectivity index (χ2v) is 7.32. The molecule has 27 heavy (non-hydrogen) atoms. The standard InChI is InChI=1S/C18H24N4O5/c23-18-21(16-11-15(22(24)25)1-2-17(16)27-18)13-20-5-3-14(4-6-20)12-19-7-9-26-10-8-19/h1-2,11,14H,3-10,12-13H2. The number of hydrogen-bond donors (Lipinski definition) is 0. The van der Waals surface area contributed by atoms with Crippen LogP contribution in [0.4, 0.5) is 5.69 Å². The van der Waals surface area contributed by atoms with Gasteiger partial charge in [0, 0.05) is 44.9 Å². The fraction of sp³-hybridized carbons (Fsp3) is 0.611. The molecule has 9 heteroatoms. The lowest BCUT2D eigenvalue weighted by Gasteiger charge is -2.35. The summed E-state index contributed by atoms with van der Waals surface area (Å²) in [7, 11) is 0. The normalized spacial score (nSPS) is 20.3. The molecule has 2 aliphatic heterocycles. The van der Waals surface area contributed by atoms with E-state index in [0.29, 0.717) is 23.7 Å². The van der Waals surface area contributed by atoms with Gasteiger partial charge in [-0.1, -0.05) is 0 Å². The van der Waals surface area contributed by atoms with Gasteiger partial charge in [0.05, 0.1) is 30.3 Å². The van der Waals surface area contributed by atoms with Gasteiger partial charge in [-0.25, -0.2) is 4.79 Å². The maximum atomic E-state index is 12.2. The van der Waals surface area contributed by atoms with Crippen molar-refractivity contribution in [3.8, 4) is 0 Å². The zero-order valence-electron chi connectivity index (χ0n) is 15.2. The predicted molar refractivity (Wildman–Crippen MR) is 98.7 cm³/mol. The summed E-state index contributed by atoms with van der Waals surface area (Å²) >= 11 is 0. The van der Waals surface area contributed by atoms with Gasteiger partial charge < -0.3 is 9.15 Å². The number of rotatable bonds is 5. The van der Waals surface area contributed by atoms with Crippen molar-refractivity contribution < 1.29 is 14.1 Å². The van der Waals surface area contributed by atoms with Crippen LogP contribution in [0.1, 0.15) is 12.8 Å². The first kappa shape index (κ1) is 18.1. The summed E-state index contributed by atoms with van der Waals surface area (Å²) in [6.07, 6.45) is 2.17. The molecule has 0 radical (unpaired) electrons. The zero-order chi connectivity index (χ0) is 18.8. The molecule has 0 spiro atoms. The zero-order valence-corrected chi connectivity index (χ0v) is 15.2. The second kappa shape index (κ2) is 7.79. The van der Waals surface area contributed by atoms with Gasteiger partial charge in [-0.05, 0) is 24.8 Å². The van der Waals surface area contributed by atoms with Crippen molar-refractivity contribution in [2.24, 2.45) is 5.92 Å². The van der Waals surface area contributed by atoms with Crippen LogP contribution in [0.15, 0.2) is 27.4 Å². The van der Waals surface area contributed by atoms with Gasteiger partial charge in [-0.3, -0.25) is 24.5 Å². The van der Waals surface area contributed by atoms with Crippen LogP contribution < -0.4 is 5.76 Å². The Morgan fingerprint density at radius 2 is 1.85 bits per heavy atom. The number of non-ortho nitro benzene ring substituents is 1. The molecule has 0 aliphatic carbocycles. The molecule has 0 amide bonds. The SMILES string of the molecule is O=c1oc2ccc([N+](=O)[O-])cc2n1CN1CCC(CN2CCOCC2)CC1. The Balaban J connectivity index is 1.40. The molecule has 1 aromatic carbocycles. The molecule has 0 atom stereocenters. The molecule has 2 fully saturated rings. The largest absolute Gasteiger partial charge is 0.421 e. The molecule has 2 aromatic rings. The lowest BCUT2D eigenvalue weighted by atomic mass is 9.96. The number of likely N-dealkylation sites (tertiary alicyclic amines) is 1. The molecule has 3 heterocycles. The summed E-state index contributed by atoms with van der Waals surface area (Å²) in [6.45, 7) is 6.98. The van der Waals surface area contributed by atoms with Crippen LogP contribution in [0.5, 0.6) is 0 Å². The Morgan fingerprint density at radius 1 is 1.11 bits per heavy atom. The van der Waals surface area contributed by atoms with Gasteiger partial charge >= 0.3 is 5.76 Å². The van der Waals surface area contributed by atoms with E-state index in [-0.39, 0.29) is 5.69 Å². The Hall–Kier alpha value is -2.23. The van der Waals surface area contributed by atoms with E-state index < -0.39 is 10.7 Å². The molecule has 2 saturated heterocycles. The lowest BCUT2D eigenvalue weighted by Crippen LogP contribution is -2.43. The van der Waals surface area contributed by atoms with E-state index in [0.717, 1.165) is 58.8 Å². The minimum Gasteiger partial charge on any atom is -0.408 e. The number of nitro groups is 1. The molecule has 0 unspecified atom stereocenters. The van der Waals surface area contributed by atoms with Crippen LogP contribution in [0.3, 0.4) is 0 Å². The summed E-state index contributed by atoms with van der Waals surface area (Å²) in [5.41, 5.74) is 0.818. The van der Waals surface area contributed by atoms with Gasteiger partial charge in [0.2, 0.25) is 0 Å². The van der Waals surface area contributed by atoms with Crippen molar-refractivity contribution in [1.82, 2.24) is 14.4 Å². The molecule has 4 rings (SSSR count). The predicted octanol–water partition coefficient (Wildman–Crippen LogP) is 1.50. The highest BCUT2D eigenvalue weighted by Gasteiger charge is 2.24. The summed E-state index contributed by atoms with van der Waals surface area (Å²) in [5, 5.41) is 11.0. The third-order valence-corrected chi connectivity index (χ3v) is 5.53. The number of benzene rings is 1. The Labute approximate surface area is 156 Å². The number of nitro benzene ring substituents is 1. The molecule has 9 nitrogen and oxygen atoms in total. The van der Waals surface area contributed by atoms with E-state index in [1.54, 1.807) is 0 Å². The van der Waals surface area contributed by atoms with Gasteiger partial charge in [-0.2, -0.15) is 0 Å². The summed E-state index contributed by atoms with van der Waals surface area (Å²) in [5.74, 6) is 0.194. The molecule has 2 aliphatic rings. The summed E-state index contributed by atoms with van der Waals surface area (Å²) in [6, 6.07) is 4.25. The van der Waals surface area contributed by atoms with Crippen molar-refractivity contribution in [3.63, 3.8) is 0 Å². The number of piperidine rings is 1. The van der Waals surface area contributed by atoms with E-state index in [1.807, 2.05) is 0 Å². The highest BCUT2D eigenvalue weighted by Crippen LogP contribution is 2.23. The molecular formula is C18H24N4O5. The van der Waals surface area contributed by atoms with Crippen molar-refractivity contribution in [2.45, 2.75) is 19.5 Å². The average molecular weight is 376 g/mol. The second-order valence-electron chi connectivity index (χ2n) is 7.32. The Bertz CT molecular complexity index is 862. The van der Waals surface area contributed by atoms with Crippen molar-refractivity contribution in [1.29, 1.82) is 0 Å². The Kier molecular flexibility index (Phi) is 5.24. The van der Waals surface area contributed by atoms with Crippen molar-refractivity contribution in [2.75, 3.05) is 45.9 Å². The molecule has 0 bridgehead atoms. The molecule has 1 aromatic heterocycles. The van der Waals surface area contributed by atoms with Gasteiger partial charge in [0.15, 0.2) is 5.58 Å². The van der Waals surface area contributed by atoms with E-state index in [1.165, 1.54) is 22.8 Å².